The summed E-state index contributed by atoms with van der Waals surface area (Å²) < 4.78 is 8.72. The molecule has 2 aliphatic rings. The maximum Gasteiger partial charge on any atom is 0.302 e. The Kier molecular flexibility index (Phi) is 8.46. The Morgan fingerprint density at radius 2 is 1.48 bits per heavy atom. The summed E-state index contributed by atoms with van der Waals surface area (Å²) in [5, 5.41) is 1.11. The molecule has 7 rings (SSSR count). The minimum Gasteiger partial charge on any atom is -0.423 e. The van der Waals surface area contributed by atoms with Gasteiger partial charge in [-0.15, -0.1) is 0 Å². The van der Waals surface area contributed by atoms with Gasteiger partial charge in [-0.2, -0.15) is 4.99 Å². The number of carbonyl (C=O) groups is 1. The van der Waals surface area contributed by atoms with Crippen LogP contribution in [0.4, 0.5) is 22.7 Å². The molecule has 0 unspecified atom stereocenters. The van der Waals surface area contributed by atoms with Gasteiger partial charge in [0.15, 0.2) is 11.2 Å². The summed E-state index contributed by atoms with van der Waals surface area (Å²) in [6.45, 7) is 2.83. The van der Waals surface area contributed by atoms with Crippen molar-refractivity contribution in [3.8, 4) is 0 Å². The zero-order chi connectivity index (χ0) is 31.3. The van der Waals surface area contributed by atoms with Crippen LogP contribution in [0.25, 0.3) is 11.6 Å². The number of allylic oxidation sites excluding steroid dienone is 4. The monoisotopic (exact) mass is 603 g/mol. The molecule has 0 saturated heterocycles. The van der Waals surface area contributed by atoms with Gasteiger partial charge in [0.25, 0.3) is 0 Å². The first-order valence-electron chi connectivity index (χ1n) is 16.2. The fraction of sp³-hybridized carbons (Fsp3) is 0.171. The van der Waals surface area contributed by atoms with Gasteiger partial charge >= 0.3 is 5.68 Å². The molecular weight excluding hydrogens is 566 g/mol. The summed E-state index contributed by atoms with van der Waals surface area (Å²) in [6.07, 6.45) is 13.2. The van der Waals surface area contributed by atoms with Gasteiger partial charge in [0.2, 0.25) is 0 Å². The molecule has 4 aromatic carbocycles. The number of carbonyl (C=O) groups excluding carboxylic acids is 1. The standard InChI is InChI=1S/C41H37N3O2/c1-2-43-39(31-17-14-18-31)38(46-41(43)42-37-24-13-12-23-36(37)40(45)32-15-6-3-7-16-32)29-30-25-27-35(28-26-30)44(33-19-8-4-9-20-33)34-21-10-5-11-22-34/h4-6,8-13,15-16,19-29H,2-3,7,14,17-18H2,1H3/b38-29+,42-41?. The number of hydrogen-bond acceptors (Lipinski definition) is 4. The highest BCUT2D eigenvalue weighted by molar-refractivity contribution is 6.13. The molecule has 0 atom stereocenters. The average Bonchev–Trinajstić information content (AvgIpc) is 3.41. The molecule has 1 heterocycles. The fourth-order valence-corrected chi connectivity index (χ4v) is 6.14. The molecule has 0 amide bonds. The molecular formula is C41H37N3O2. The fourth-order valence-electron chi connectivity index (χ4n) is 6.14. The number of para-hydroxylation sites is 3. The summed E-state index contributed by atoms with van der Waals surface area (Å²) in [4.78, 5) is 20.7. The van der Waals surface area contributed by atoms with Crippen LogP contribution < -0.4 is 21.3 Å². The Hall–Kier alpha value is -5.42. The van der Waals surface area contributed by atoms with Crippen molar-refractivity contribution in [3.63, 3.8) is 0 Å². The lowest BCUT2D eigenvalue weighted by atomic mass is 9.92. The van der Waals surface area contributed by atoms with Crippen LogP contribution in [0.2, 0.25) is 0 Å². The lowest BCUT2D eigenvalue weighted by Crippen LogP contribution is -2.36. The van der Waals surface area contributed by atoms with E-state index in [1.807, 2.05) is 48.6 Å². The van der Waals surface area contributed by atoms with Crippen molar-refractivity contribution in [1.29, 1.82) is 0 Å². The summed E-state index contributed by atoms with van der Waals surface area (Å²) in [7, 11) is 0. The van der Waals surface area contributed by atoms with E-state index in [0.29, 0.717) is 23.5 Å². The first-order chi connectivity index (χ1) is 22.7. The number of Topliss-reactive ketones (excluding diaryl/α,β-unsaturated/α-hetero) is 1. The Balaban J connectivity index is 1.31. The molecule has 2 aliphatic carbocycles. The number of rotatable bonds is 8. The zero-order valence-electron chi connectivity index (χ0n) is 26.1. The molecule has 228 valence electrons. The van der Waals surface area contributed by atoms with Crippen LogP contribution in [0, 0.1) is 0 Å². The summed E-state index contributed by atoms with van der Waals surface area (Å²) in [6, 6.07) is 37.0. The predicted molar refractivity (Wildman–Crippen MR) is 186 cm³/mol. The molecule has 1 saturated carbocycles. The van der Waals surface area contributed by atoms with Crippen molar-refractivity contribution in [2.24, 2.45) is 4.99 Å². The van der Waals surface area contributed by atoms with E-state index >= 15 is 0 Å². The molecule has 0 bridgehead atoms. The minimum absolute atomic E-state index is 0.00887. The third-order valence-electron chi connectivity index (χ3n) is 8.64. The van der Waals surface area contributed by atoms with Crippen LogP contribution in [0.3, 0.4) is 0 Å². The summed E-state index contributed by atoms with van der Waals surface area (Å²) in [5.41, 5.74) is 8.93. The van der Waals surface area contributed by atoms with Crippen LogP contribution in [0.5, 0.6) is 0 Å². The van der Waals surface area contributed by atoms with E-state index in [1.165, 1.54) is 12.0 Å². The second kappa shape index (κ2) is 13.3. The number of ketones is 1. The quantitative estimate of drug-likeness (QED) is 0.167. The number of aromatic nitrogens is 1. The van der Waals surface area contributed by atoms with Gasteiger partial charge in [-0.25, -0.2) is 0 Å². The molecule has 46 heavy (non-hydrogen) atoms. The number of oxazole rings is 1. The maximum atomic E-state index is 13.5. The van der Waals surface area contributed by atoms with Gasteiger partial charge in [-0.1, -0.05) is 78.9 Å². The number of benzene rings is 4. The van der Waals surface area contributed by atoms with E-state index in [9.17, 15) is 4.79 Å². The smallest absolute Gasteiger partial charge is 0.302 e. The van der Waals surface area contributed by atoms with Crippen molar-refractivity contribution in [3.05, 3.63) is 161 Å². The highest BCUT2D eigenvalue weighted by Gasteiger charge is 2.18. The van der Waals surface area contributed by atoms with Crippen LogP contribution in [0.1, 0.15) is 54.9 Å². The van der Waals surface area contributed by atoms with Crippen molar-refractivity contribution in [2.75, 3.05) is 4.90 Å². The van der Waals surface area contributed by atoms with Gasteiger partial charge in [-0.3, -0.25) is 9.36 Å². The molecule has 0 radical (unpaired) electrons. The lowest BCUT2D eigenvalue weighted by molar-refractivity contribution is 0.103. The van der Waals surface area contributed by atoms with E-state index in [0.717, 1.165) is 64.6 Å². The normalized spacial score (nSPS) is 15.1. The van der Waals surface area contributed by atoms with Crippen molar-refractivity contribution < 1.29 is 9.21 Å². The SMILES string of the molecule is CCn1c(=Nc2ccccc2C(=O)C2=CCCC=C2)o/c(=C/c2ccc(N(c3ccccc3)c3ccccc3)cc2)c1=C1CCC1. The number of anilines is 3. The minimum atomic E-state index is -0.00887. The van der Waals surface area contributed by atoms with E-state index in [4.69, 9.17) is 9.41 Å². The zero-order valence-corrected chi connectivity index (χ0v) is 26.1. The molecule has 5 heteroatoms. The van der Waals surface area contributed by atoms with Crippen LogP contribution in [0.15, 0.2) is 142 Å². The van der Waals surface area contributed by atoms with Gasteiger partial charge in [0.1, 0.15) is 0 Å². The van der Waals surface area contributed by atoms with E-state index < -0.39 is 0 Å². The van der Waals surface area contributed by atoms with Crippen LogP contribution in [-0.2, 0) is 6.54 Å². The Labute approximate surface area is 269 Å². The average molecular weight is 604 g/mol. The highest BCUT2D eigenvalue weighted by atomic mass is 16.3. The van der Waals surface area contributed by atoms with Gasteiger partial charge in [-0.05, 0) is 105 Å². The van der Waals surface area contributed by atoms with Gasteiger partial charge < -0.3 is 9.32 Å². The maximum absolute atomic E-state index is 13.5. The Bertz CT molecular complexity index is 2070. The molecule has 1 aromatic heterocycles. The van der Waals surface area contributed by atoms with Crippen molar-refractivity contribution >= 4 is 40.2 Å². The Morgan fingerprint density at radius 1 is 0.826 bits per heavy atom. The Morgan fingerprint density at radius 3 is 2.09 bits per heavy atom. The first-order valence-corrected chi connectivity index (χ1v) is 16.2. The first kappa shape index (κ1) is 29.3. The van der Waals surface area contributed by atoms with Crippen molar-refractivity contribution in [1.82, 2.24) is 4.57 Å². The lowest BCUT2D eigenvalue weighted by Gasteiger charge is -2.25. The van der Waals surface area contributed by atoms with Crippen molar-refractivity contribution in [2.45, 2.75) is 45.6 Å². The summed E-state index contributed by atoms with van der Waals surface area (Å²) in [5.74, 6) is -0.00887. The van der Waals surface area contributed by atoms with E-state index in [1.54, 1.807) is 0 Å². The van der Waals surface area contributed by atoms with E-state index in [-0.39, 0.29) is 5.78 Å². The second-order valence-corrected chi connectivity index (χ2v) is 11.6. The third kappa shape index (κ3) is 5.96. The molecule has 1 fully saturated rings. The molecule has 0 aliphatic heterocycles. The van der Waals surface area contributed by atoms with E-state index in [2.05, 4.69) is 101 Å². The molecule has 0 spiro atoms. The molecule has 5 aromatic rings. The highest BCUT2D eigenvalue weighted by Crippen LogP contribution is 2.34. The number of nitrogens with zero attached hydrogens (tertiary/aromatic N) is 3. The summed E-state index contributed by atoms with van der Waals surface area (Å²) >= 11 is 0. The van der Waals surface area contributed by atoms with Gasteiger partial charge in [0, 0.05) is 34.7 Å². The molecule has 5 nitrogen and oxygen atoms in total. The largest absolute Gasteiger partial charge is 0.423 e. The van der Waals surface area contributed by atoms with Gasteiger partial charge in [0.05, 0.1) is 11.0 Å². The predicted octanol–water partition coefficient (Wildman–Crippen LogP) is 8.43. The third-order valence-corrected chi connectivity index (χ3v) is 8.64. The topological polar surface area (TPSA) is 50.7 Å². The van der Waals surface area contributed by atoms with Crippen LogP contribution in [-0.4, -0.2) is 10.4 Å². The second-order valence-electron chi connectivity index (χ2n) is 11.6. The molecule has 0 N–H and O–H groups in total. The van der Waals surface area contributed by atoms with Crippen LogP contribution >= 0.6 is 0 Å². The number of hydrogen-bond donors (Lipinski definition) is 0.